The summed E-state index contributed by atoms with van der Waals surface area (Å²) in [6, 6.07) is 4.10. The smallest absolute Gasteiger partial charge is 0.244 e. The molecule has 0 bridgehead atoms. The molecule has 8 nitrogen and oxygen atoms in total. The van der Waals surface area contributed by atoms with Gasteiger partial charge in [0.2, 0.25) is 21.8 Å². The molecule has 1 fully saturated rings. The Bertz CT molecular complexity index is 705. The molecule has 1 saturated heterocycles. The molecule has 0 aromatic heterocycles. The second-order valence-corrected chi connectivity index (χ2v) is 7.01. The van der Waals surface area contributed by atoms with Gasteiger partial charge in [-0.2, -0.15) is 0 Å². The fraction of sp³-hybridized carbons (Fsp3) is 0.333. The monoisotopic (exact) mass is 345 g/mol. The van der Waals surface area contributed by atoms with Gasteiger partial charge >= 0.3 is 0 Å². The molecule has 0 atom stereocenters. The third-order valence-electron chi connectivity index (χ3n) is 2.91. The van der Waals surface area contributed by atoms with Crippen molar-refractivity contribution in [2.24, 2.45) is 5.14 Å². The molecular formula is C12H15N3O5S2. The summed E-state index contributed by atoms with van der Waals surface area (Å²) in [4.78, 5) is 24.5. The van der Waals surface area contributed by atoms with E-state index < -0.39 is 15.9 Å². The van der Waals surface area contributed by atoms with Crippen LogP contribution in [0.1, 0.15) is 0 Å². The molecule has 0 saturated carbocycles. The maximum Gasteiger partial charge on any atom is 0.244 e. The molecule has 1 aliphatic heterocycles. The summed E-state index contributed by atoms with van der Waals surface area (Å²) in [6.07, 6.45) is 0. The van der Waals surface area contributed by atoms with Crippen LogP contribution in [0.4, 0.5) is 5.69 Å². The van der Waals surface area contributed by atoms with Gasteiger partial charge < -0.3 is 15.0 Å². The molecule has 0 aliphatic carbocycles. The summed E-state index contributed by atoms with van der Waals surface area (Å²) in [5, 5.41) is 7.64. The molecule has 1 heterocycles. The Morgan fingerprint density at radius 2 is 2.23 bits per heavy atom. The number of nitrogens with zero attached hydrogens (tertiary/aromatic N) is 1. The van der Waals surface area contributed by atoms with Gasteiger partial charge in [0.05, 0.1) is 18.7 Å². The lowest BCUT2D eigenvalue weighted by molar-refractivity contribution is -0.130. The third kappa shape index (κ3) is 3.90. The first-order chi connectivity index (χ1) is 10.3. The molecule has 3 N–H and O–H groups in total. The number of sulfonamides is 1. The van der Waals surface area contributed by atoms with E-state index in [0.717, 1.165) is 0 Å². The van der Waals surface area contributed by atoms with Crippen LogP contribution in [0.2, 0.25) is 0 Å². The lowest BCUT2D eigenvalue weighted by Gasteiger charge is -2.15. The Morgan fingerprint density at radius 3 is 2.77 bits per heavy atom. The van der Waals surface area contributed by atoms with Crippen molar-refractivity contribution in [1.82, 2.24) is 4.90 Å². The van der Waals surface area contributed by atoms with E-state index in [0.29, 0.717) is 11.6 Å². The number of hydrogen-bond donors (Lipinski definition) is 2. The lowest BCUT2D eigenvalue weighted by atomic mass is 10.3. The number of methoxy groups -OCH3 is 1. The van der Waals surface area contributed by atoms with E-state index in [1.807, 2.05) is 0 Å². The van der Waals surface area contributed by atoms with E-state index in [9.17, 15) is 18.0 Å². The van der Waals surface area contributed by atoms with Crippen molar-refractivity contribution in [3.8, 4) is 5.75 Å². The van der Waals surface area contributed by atoms with E-state index in [2.05, 4.69) is 5.32 Å². The van der Waals surface area contributed by atoms with Gasteiger partial charge in [-0.1, -0.05) is 0 Å². The molecule has 0 spiro atoms. The van der Waals surface area contributed by atoms with E-state index in [1.165, 1.54) is 42.0 Å². The summed E-state index contributed by atoms with van der Waals surface area (Å²) in [6.45, 7) is -0.0808. The van der Waals surface area contributed by atoms with Crippen LogP contribution in [-0.4, -0.2) is 50.4 Å². The summed E-state index contributed by atoms with van der Waals surface area (Å²) in [7, 11) is -2.66. The van der Waals surface area contributed by atoms with Crippen LogP contribution in [0.25, 0.3) is 0 Å². The van der Waals surface area contributed by atoms with Crippen molar-refractivity contribution in [2.75, 3.05) is 30.6 Å². The standard InChI is InChI=1S/C12H15N3O5S2/c1-20-9-3-2-8(4-10(9)22(13,18)19)14-11(16)5-15-7-21-6-12(15)17/h2-4H,5-7H2,1H3,(H,14,16)(H2,13,18,19). The van der Waals surface area contributed by atoms with Crippen molar-refractivity contribution < 1.29 is 22.7 Å². The zero-order valence-electron chi connectivity index (χ0n) is 11.7. The SMILES string of the molecule is COc1ccc(NC(=O)CN2CSCC2=O)cc1S(N)(=O)=O. The highest BCUT2D eigenvalue weighted by Gasteiger charge is 2.23. The zero-order chi connectivity index (χ0) is 16.3. The van der Waals surface area contributed by atoms with Crippen molar-refractivity contribution in [3.05, 3.63) is 18.2 Å². The van der Waals surface area contributed by atoms with Crippen LogP contribution < -0.4 is 15.2 Å². The van der Waals surface area contributed by atoms with E-state index in [1.54, 1.807) is 0 Å². The average Bonchev–Trinajstić information content (AvgIpc) is 2.83. The fourth-order valence-electron chi connectivity index (χ4n) is 1.89. The number of carbonyl (C=O) groups excluding carboxylic acids is 2. The van der Waals surface area contributed by atoms with Crippen LogP contribution in [0, 0.1) is 0 Å². The summed E-state index contributed by atoms with van der Waals surface area (Å²) >= 11 is 1.43. The fourth-order valence-corrected chi connectivity index (χ4v) is 3.52. The molecule has 10 heteroatoms. The van der Waals surface area contributed by atoms with Crippen molar-refractivity contribution in [3.63, 3.8) is 0 Å². The minimum atomic E-state index is -3.98. The molecule has 0 radical (unpaired) electrons. The molecule has 1 aromatic carbocycles. The highest BCUT2D eigenvalue weighted by atomic mass is 32.2. The number of thioether (sulfide) groups is 1. The van der Waals surface area contributed by atoms with Crippen LogP contribution >= 0.6 is 11.8 Å². The Hall–Kier alpha value is -1.78. The minimum Gasteiger partial charge on any atom is -0.495 e. The molecule has 1 aromatic rings. The first-order valence-electron chi connectivity index (χ1n) is 6.17. The topological polar surface area (TPSA) is 119 Å². The second kappa shape index (κ2) is 6.55. The quantitative estimate of drug-likeness (QED) is 0.764. The summed E-state index contributed by atoms with van der Waals surface area (Å²) < 4.78 is 27.9. The van der Waals surface area contributed by atoms with Gasteiger partial charge in [0.15, 0.2) is 0 Å². The van der Waals surface area contributed by atoms with Gasteiger partial charge in [0.25, 0.3) is 0 Å². The number of amides is 2. The van der Waals surface area contributed by atoms with E-state index in [4.69, 9.17) is 9.88 Å². The number of nitrogens with one attached hydrogen (secondary N) is 1. The number of hydrogen-bond acceptors (Lipinski definition) is 6. The van der Waals surface area contributed by atoms with Crippen LogP contribution in [0.15, 0.2) is 23.1 Å². The first kappa shape index (κ1) is 16.6. The Morgan fingerprint density at radius 1 is 1.50 bits per heavy atom. The van der Waals surface area contributed by atoms with E-state index in [-0.39, 0.29) is 28.8 Å². The van der Waals surface area contributed by atoms with Crippen molar-refractivity contribution >= 4 is 39.3 Å². The molecule has 1 aliphatic rings. The second-order valence-electron chi connectivity index (χ2n) is 4.53. The van der Waals surface area contributed by atoms with Gasteiger partial charge in [0, 0.05) is 5.69 Å². The van der Waals surface area contributed by atoms with Crippen molar-refractivity contribution in [1.29, 1.82) is 0 Å². The Kier molecular flexibility index (Phi) is 4.94. The number of ether oxygens (including phenoxy) is 1. The molecule has 22 heavy (non-hydrogen) atoms. The van der Waals surface area contributed by atoms with Gasteiger partial charge in [-0.3, -0.25) is 9.59 Å². The molecule has 2 amide bonds. The summed E-state index contributed by atoms with van der Waals surface area (Å²) in [5.74, 6) is 0.413. The first-order valence-corrected chi connectivity index (χ1v) is 8.87. The molecular weight excluding hydrogens is 330 g/mol. The van der Waals surface area contributed by atoms with Crippen LogP contribution in [0.3, 0.4) is 0 Å². The van der Waals surface area contributed by atoms with Gasteiger partial charge in [-0.15, -0.1) is 11.8 Å². The van der Waals surface area contributed by atoms with Crippen LogP contribution in [-0.2, 0) is 19.6 Å². The van der Waals surface area contributed by atoms with Gasteiger partial charge in [-0.05, 0) is 18.2 Å². The normalized spacial score (nSPS) is 15.0. The average molecular weight is 345 g/mol. The van der Waals surface area contributed by atoms with E-state index >= 15 is 0 Å². The minimum absolute atomic E-state index is 0.0808. The predicted molar refractivity (Wildman–Crippen MR) is 82.0 cm³/mol. The van der Waals surface area contributed by atoms with Crippen molar-refractivity contribution in [2.45, 2.75) is 4.90 Å². The molecule has 0 unspecified atom stereocenters. The molecule has 120 valence electrons. The number of benzene rings is 1. The highest BCUT2D eigenvalue weighted by Crippen LogP contribution is 2.26. The maximum absolute atomic E-state index is 11.9. The third-order valence-corrected chi connectivity index (χ3v) is 4.79. The molecule has 2 rings (SSSR count). The van der Waals surface area contributed by atoms with Crippen LogP contribution in [0.5, 0.6) is 5.75 Å². The summed E-state index contributed by atoms with van der Waals surface area (Å²) in [5.41, 5.74) is 0.258. The van der Waals surface area contributed by atoms with Gasteiger partial charge in [0.1, 0.15) is 17.2 Å². The maximum atomic E-state index is 11.9. The number of rotatable bonds is 5. The zero-order valence-corrected chi connectivity index (χ0v) is 13.4. The number of primary sulfonamides is 1. The Balaban J connectivity index is 2.13. The number of carbonyl (C=O) groups is 2. The van der Waals surface area contributed by atoms with Gasteiger partial charge in [-0.25, -0.2) is 13.6 Å². The largest absolute Gasteiger partial charge is 0.495 e. The highest BCUT2D eigenvalue weighted by molar-refractivity contribution is 8.00. The predicted octanol–water partition coefficient (Wildman–Crippen LogP) is -0.186. The lowest BCUT2D eigenvalue weighted by Crippen LogP contribution is -2.34. The number of nitrogens with two attached hydrogens (primary N) is 1. The Labute approximate surface area is 132 Å². The number of anilines is 1.